The van der Waals surface area contributed by atoms with Gasteiger partial charge in [-0.15, -0.1) is 10.2 Å². The van der Waals surface area contributed by atoms with Gasteiger partial charge in [-0.1, -0.05) is 96.2 Å². The molecule has 12 heteroatoms. The van der Waals surface area contributed by atoms with Crippen LogP contribution < -0.4 is 5.32 Å². The molecule has 0 saturated carbocycles. The van der Waals surface area contributed by atoms with Crippen molar-refractivity contribution >= 4 is 39.4 Å². The minimum atomic E-state index is -0.953. The zero-order valence-corrected chi connectivity index (χ0v) is 29.1. The Labute approximate surface area is 301 Å². The van der Waals surface area contributed by atoms with E-state index in [1.807, 2.05) is 103 Å². The maximum atomic E-state index is 14.3. The smallest absolute Gasteiger partial charge is 0.256 e. The molecule has 3 amide bonds. The van der Waals surface area contributed by atoms with Gasteiger partial charge in [0.05, 0.1) is 11.7 Å². The van der Waals surface area contributed by atoms with E-state index in [0.29, 0.717) is 30.9 Å². The number of carbonyl (C=O) groups excluding carboxylic acids is 3. The summed E-state index contributed by atoms with van der Waals surface area (Å²) >= 11 is 0. The van der Waals surface area contributed by atoms with Crippen LogP contribution in [0.3, 0.4) is 0 Å². The minimum absolute atomic E-state index is 0.0122. The minimum Gasteiger partial charge on any atom is -0.391 e. The zero-order valence-electron chi connectivity index (χ0n) is 29.1. The van der Waals surface area contributed by atoms with Gasteiger partial charge in [0, 0.05) is 63.0 Å². The Bertz CT molecular complexity index is 2170. The Morgan fingerprint density at radius 3 is 2.52 bits per heavy atom. The fraction of sp³-hybridized carbons (Fsp3) is 0.300. The molecule has 1 saturated heterocycles. The number of unbranched alkanes of at least 4 members (excludes halogenated alkanes) is 1. The van der Waals surface area contributed by atoms with Crippen LogP contribution in [0.1, 0.15) is 46.6 Å². The average molecular weight is 699 g/mol. The van der Waals surface area contributed by atoms with Crippen LogP contribution in [0.15, 0.2) is 103 Å². The SMILES string of the molecule is CN(Cc1ccccc1)C(=O)[C@@H](Cc1ccc2ccccc2c1)NC(=O)[C@@H]1C[C@H](O)CN1C(=O)c1cn(CCCCc2nn[nH]n2)c2ccccc12. The number of tetrazole rings is 1. The van der Waals surface area contributed by atoms with Crippen molar-refractivity contribution in [1.82, 2.24) is 40.3 Å². The fourth-order valence-electron chi connectivity index (χ4n) is 7.17. The number of aromatic amines is 1. The van der Waals surface area contributed by atoms with Crippen LogP contribution in [-0.2, 0) is 35.5 Å². The second-order valence-electron chi connectivity index (χ2n) is 13.5. The molecule has 3 N–H and O–H groups in total. The van der Waals surface area contributed by atoms with Crippen molar-refractivity contribution in [2.24, 2.45) is 0 Å². The lowest BCUT2D eigenvalue weighted by Gasteiger charge is -2.28. The lowest BCUT2D eigenvalue weighted by atomic mass is 10.00. The standard InChI is InChI=1S/C40H42N8O4/c1-46(24-27-11-3-2-4-12-27)40(52)34(22-28-18-19-29-13-5-6-14-30(29)21-28)41-38(50)36-23-31(49)25-48(36)39(51)33-26-47(35-16-8-7-15-32(33)35)20-10-9-17-37-42-44-45-43-37/h2-8,11-16,18-19,21,26,31,34,36,49H,9-10,17,20,22-25H2,1H3,(H,41,50)(H,42,43,44,45)/t31-,34+,36-/m0/s1. The Hall–Kier alpha value is -5.88. The molecule has 12 nitrogen and oxygen atoms in total. The van der Waals surface area contributed by atoms with Crippen molar-refractivity contribution in [3.05, 3.63) is 126 Å². The van der Waals surface area contributed by atoms with E-state index in [2.05, 4.69) is 30.5 Å². The number of aryl methyl sites for hydroxylation is 2. The van der Waals surface area contributed by atoms with Gasteiger partial charge in [-0.25, -0.2) is 0 Å². The molecule has 1 aliphatic rings. The van der Waals surface area contributed by atoms with Crippen molar-refractivity contribution in [3.8, 4) is 0 Å². The molecular formula is C40H42N8O4. The summed E-state index contributed by atoms with van der Waals surface area (Å²) in [6, 6.07) is 29.6. The number of amides is 3. The monoisotopic (exact) mass is 698 g/mol. The molecule has 3 atom stereocenters. The summed E-state index contributed by atoms with van der Waals surface area (Å²) in [5, 5.41) is 30.8. The highest BCUT2D eigenvalue weighted by Crippen LogP contribution is 2.28. The number of aliphatic hydroxyl groups excluding tert-OH is 1. The van der Waals surface area contributed by atoms with Gasteiger partial charge in [-0.2, -0.15) is 5.21 Å². The van der Waals surface area contributed by atoms with E-state index < -0.39 is 24.1 Å². The topological polar surface area (TPSA) is 149 Å². The molecule has 0 radical (unpaired) electrons. The predicted molar refractivity (Wildman–Crippen MR) is 197 cm³/mol. The molecule has 3 heterocycles. The predicted octanol–water partition coefficient (Wildman–Crippen LogP) is 4.29. The first-order valence-electron chi connectivity index (χ1n) is 17.7. The molecule has 0 bridgehead atoms. The first kappa shape index (κ1) is 34.6. The molecule has 7 rings (SSSR count). The lowest BCUT2D eigenvalue weighted by Crippen LogP contribution is -2.54. The van der Waals surface area contributed by atoms with Crippen molar-refractivity contribution in [2.45, 2.75) is 63.4 Å². The van der Waals surface area contributed by atoms with E-state index in [-0.39, 0.29) is 31.2 Å². The number of benzene rings is 4. The number of likely N-dealkylation sites (tertiary alicyclic amines) is 1. The molecule has 0 aliphatic carbocycles. The number of hydrogen-bond donors (Lipinski definition) is 3. The van der Waals surface area contributed by atoms with E-state index in [1.54, 1.807) is 11.9 Å². The summed E-state index contributed by atoms with van der Waals surface area (Å²) in [5.74, 6) is -0.391. The molecule has 266 valence electrons. The number of rotatable bonds is 13. The first-order chi connectivity index (χ1) is 25.3. The van der Waals surface area contributed by atoms with E-state index in [4.69, 9.17) is 0 Å². The lowest BCUT2D eigenvalue weighted by molar-refractivity contribution is -0.136. The maximum Gasteiger partial charge on any atom is 0.256 e. The number of aromatic nitrogens is 5. The third-order valence-electron chi connectivity index (χ3n) is 9.81. The third kappa shape index (κ3) is 7.71. The quantitative estimate of drug-likeness (QED) is 0.152. The number of nitrogens with one attached hydrogen (secondary N) is 2. The zero-order chi connectivity index (χ0) is 36.0. The summed E-state index contributed by atoms with van der Waals surface area (Å²) < 4.78 is 2.06. The van der Waals surface area contributed by atoms with Gasteiger partial charge < -0.3 is 24.8 Å². The van der Waals surface area contributed by atoms with Gasteiger partial charge in [-0.3, -0.25) is 14.4 Å². The number of aliphatic hydroxyl groups is 1. The van der Waals surface area contributed by atoms with Crippen molar-refractivity contribution < 1.29 is 19.5 Å². The van der Waals surface area contributed by atoms with Gasteiger partial charge in [0.2, 0.25) is 11.8 Å². The number of nitrogens with zero attached hydrogens (tertiary/aromatic N) is 6. The summed E-state index contributed by atoms with van der Waals surface area (Å²) in [4.78, 5) is 45.6. The van der Waals surface area contributed by atoms with Crippen LogP contribution >= 0.6 is 0 Å². The highest BCUT2D eigenvalue weighted by Gasteiger charge is 2.41. The third-order valence-corrected chi connectivity index (χ3v) is 9.81. The Morgan fingerprint density at radius 1 is 0.942 bits per heavy atom. The van der Waals surface area contributed by atoms with Crippen LogP contribution in [-0.4, -0.2) is 89.6 Å². The summed E-state index contributed by atoms with van der Waals surface area (Å²) in [5.41, 5.74) is 3.24. The second kappa shape index (κ2) is 15.6. The van der Waals surface area contributed by atoms with E-state index in [1.165, 1.54) is 4.90 Å². The molecule has 2 aromatic heterocycles. The number of fused-ring (bicyclic) bond motifs is 2. The van der Waals surface area contributed by atoms with Gasteiger partial charge in [0.25, 0.3) is 5.91 Å². The van der Waals surface area contributed by atoms with Crippen LogP contribution in [0.2, 0.25) is 0 Å². The number of carbonyl (C=O) groups is 3. The highest BCUT2D eigenvalue weighted by molar-refractivity contribution is 6.08. The molecule has 6 aromatic rings. The largest absolute Gasteiger partial charge is 0.391 e. The number of H-pyrrole nitrogens is 1. The fourth-order valence-corrected chi connectivity index (χ4v) is 7.17. The Kier molecular flexibility index (Phi) is 10.3. The number of likely N-dealkylation sites (N-methyl/N-ethyl adjacent to an activating group) is 1. The van der Waals surface area contributed by atoms with Crippen molar-refractivity contribution in [1.29, 1.82) is 0 Å². The molecule has 0 unspecified atom stereocenters. The van der Waals surface area contributed by atoms with Gasteiger partial charge in [-0.05, 0) is 40.8 Å². The number of hydrogen-bond acceptors (Lipinski definition) is 7. The summed E-state index contributed by atoms with van der Waals surface area (Å²) in [7, 11) is 1.73. The number of para-hydroxylation sites is 1. The van der Waals surface area contributed by atoms with Crippen molar-refractivity contribution in [2.75, 3.05) is 13.6 Å². The first-order valence-corrected chi connectivity index (χ1v) is 17.7. The van der Waals surface area contributed by atoms with Crippen LogP contribution in [0.4, 0.5) is 0 Å². The number of β-amino-alcohol motifs (C(OH)–C–C–N with tert-alkyl or cyclic N) is 1. The molecule has 1 fully saturated rings. The van der Waals surface area contributed by atoms with Crippen LogP contribution in [0.25, 0.3) is 21.7 Å². The van der Waals surface area contributed by atoms with Gasteiger partial charge >= 0.3 is 0 Å². The van der Waals surface area contributed by atoms with E-state index >= 15 is 0 Å². The molecule has 4 aromatic carbocycles. The molecule has 0 spiro atoms. The average Bonchev–Trinajstić information content (AvgIpc) is 3.92. The Balaban J connectivity index is 1.11. The van der Waals surface area contributed by atoms with E-state index in [9.17, 15) is 19.5 Å². The van der Waals surface area contributed by atoms with Gasteiger partial charge in [0.15, 0.2) is 5.82 Å². The second-order valence-corrected chi connectivity index (χ2v) is 13.5. The normalized spacial score (nSPS) is 16.3. The van der Waals surface area contributed by atoms with E-state index in [0.717, 1.165) is 45.6 Å². The van der Waals surface area contributed by atoms with Crippen molar-refractivity contribution in [3.63, 3.8) is 0 Å². The summed E-state index contributed by atoms with van der Waals surface area (Å²) in [6.07, 6.45) is 3.66. The Morgan fingerprint density at radius 2 is 1.71 bits per heavy atom. The summed E-state index contributed by atoms with van der Waals surface area (Å²) in [6.45, 7) is 1.06. The van der Waals surface area contributed by atoms with Crippen LogP contribution in [0.5, 0.6) is 0 Å². The van der Waals surface area contributed by atoms with Gasteiger partial charge in [0.1, 0.15) is 12.1 Å². The molecule has 52 heavy (non-hydrogen) atoms. The molecule has 1 aliphatic heterocycles. The van der Waals surface area contributed by atoms with Crippen LogP contribution in [0, 0.1) is 0 Å². The molecular weight excluding hydrogens is 656 g/mol. The highest BCUT2D eigenvalue weighted by atomic mass is 16.3. The maximum absolute atomic E-state index is 14.3.